The summed E-state index contributed by atoms with van der Waals surface area (Å²) in [6.45, 7) is 1.70. The topological polar surface area (TPSA) is 52.6 Å². The quantitative estimate of drug-likeness (QED) is 0.765. The predicted molar refractivity (Wildman–Crippen MR) is 67.5 cm³/mol. The molecule has 1 aromatic carbocycles. The fraction of sp³-hybridized carbons (Fsp3) is 0.333. The molecule has 0 saturated heterocycles. The summed E-state index contributed by atoms with van der Waals surface area (Å²) >= 11 is 0. The fourth-order valence-corrected chi connectivity index (χ4v) is 2.46. The lowest BCUT2D eigenvalue weighted by Crippen LogP contribution is -2.22. The maximum atomic E-state index is 11.8. The van der Waals surface area contributed by atoms with E-state index in [1.807, 2.05) is 24.3 Å². The predicted octanol–water partition coefficient (Wildman–Crippen LogP) is 2.55. The summed E-state index contributed by atoms with van der Waals surface area (Å²) in [5, 5.41) is 0. The van der Waals surface area contributed by atoms with Gasteiger partial charge in [-0.05, 0) is 25.0 Å². The number of Topliss-reactive ketones (excluding diaryl/α,β-unsaturated/α-hetero) is 1. The maximum absolute atomic E-state index is 11.8. The first-order valence-electron chi connectivity index (χ1n) is 6.32. The van der Waals surface area contributed by atoms with E-state index < -0.39 is 6.29 Å². The fourth-order valence-electron chi connectivity index (χ4n) is 2.46. The van der Waals surface area contributed by atoms with Gasteiger partial charge in [-0.15, -0.1) is 0 Å². The zero-order valence-corrected chi connectivity index (χ0v) is 10.6. The molecule has 0 fully saturated rings. The SMILES string of the molecule is CC1=CC(OC2CCC(=O)c3ccccc32)OC1=O. The minimum Gasteiger partial charge on any atom is -0.429 e. The van der Waals surface area contributed by atoms with Crippen molar-refractivity contribution in [3.63, 3.8) is 0 Å². The average Bonchev–Trinajstić information content (AvgIpc) is 2.72. The van der Waals surface area contributed by atoms with E-state index in [0.717, 1.165) is 5.56 Å². The third kappa shape index (κ3) is 2.19. The van der Waals surface area contributed by atoms with Crippen LogP contribution in [-0.4, -0.2) is 18.0 Å². The van der Waals surface area contributed by atoms with Crippen molar-refractivity contribution in [2.75, 3.05) is 0 Å². The number of rotatable bonds is 2. The summed E-state index contributed by atoms with van der Waals surface area (Å²) in [5.41, 5.74) is 2.15. The van der Waals surface area contributed by atoms with Crippen molar-refractivity contribution in [3.8, 4) is 0 Å². The third-order valence-corrected chi connectivity index (χ3v) is 3.47. The van der Waals surface area contributed by atoms with Gasteiger partial charge in [0.1, 0.15) is 0 Å². The number of carbonyl (C=O) groups is 2. The van der Waals surface area contributed by atoms with Gasteiger partial charge in [0.2, 0.25) is 6.29 Å². The Morgan fingerprint density at radius 2 is 2.05 bits per heavy atom. The molecule has 4 heteroatoms. The minimum atomic E-state index is -0.640. The number of carbonyl (C=O) groups excluding carboxylic acids is 2. The summed E-state index contributed by atoms with van der Waals surface area (Å²) in [6, 6.07) is 7.44. The molecule has 0 aromatic heterocycles. The molecule has 1 aliphatic carbocycles. The highest BCUT2D eigenvalue weighted by molar-refractivity contribution is 5.98. The van der Waals surface area contributed by atoms with E-state index >= 15 is 0 Å². The highest BCUT2D eigenvalue weighted by Gasteiger charge is 2.31. The molecule has 2 aliphatic rings. The molecule has 1 aromatic rings. The van der Waals surface area contributed by atoms with Crippen molar-refractivity contribution >= 4 is 11.8 Å². The van der Waals surface area contributed by atoms with Crippen LogP contribution in [0.15, 0.2) is 35.9 Å². The van der Waals surface area contributed by atoms with E-state index in [1.54, 1.807) is 13.0 Å². The van der Waals surface area contributed by atoms with Gasteiger partial charge in [-0.1, -0.05) is 24.3 Å². The first-order chi connectivity index (χ1) is 9.15. The Morgan fingerprint density at radius 1 is 1.26 bits per heavy atom. The summed E-state index contributed by atoms with van der Waals surface area (Å²) in [5.74, 6) is -0.198. The molecule has 98 valence electrons. The van der Waals surface area contributed by atoms with E-state index in [-0.39, 0.29) is 17.9 Å². The molecule has 19 heavy (non-hydrogen) atoms. The molecule has 0 radical (unpaired) electrons. The van der Waals surface area contributed by atoms with Crippen molar-refractivity contribution in [2.45, 2.75) is 32.2 Å². The molecular weight excluding hydrogens is 244 g/mol. The number of hydrogen-bond acceptors (Lipinski definition) is 4. The molecule has 1 aliphatic heterocycles. The first kappa shape index (κ1) is 12.1. The summed E-state index contributed by atoms with van der Waals surface area (Å²) < 4.78 is 10.9. The number of esters is 1. The van der Waals surface area contributed by atoms with Gasteiger partial charge in [0.25, 0.3) is 0 Å². The van der Waals surface area contributed by atoms with Gasteiger partial charge in [0, 0.05) is 17.6 Å². The minimum absolute atomic E-state index is 0.144. The average molecular weight is 258 g/mol. The van der Waals surface area contributed by atoms with Gasteiger partial charge in [-0.2, -0.15) is 0 Å². The summed E-state index contributed by atoms with van der Waals surface area (Å²) in [6.07, 6.45) is 1.91. The molecule has 1 heterocycles. The monoisotopic (exact) mass is 258 g/mol. The maximum Gasteiger partial charge on any atom is 0.336 e. The van der Waals surface area contributed by atoms with Gasteiger partial charge in [-0.25, -0.2) is 4.79 Å². The lowest BCUT2D eigenvalue weighted by Gasteiger charge is -2.26. The van der Waals surface area contributed by atoms with Gasteiger partial charge < -0.3 is 9.47 Å². The van der Waals surface area contributed by atoms with E-state index in [1.165, 1.54) is 0 Å². The van der Waals surface area contributed by atoms with Crippen LogP contribution in [0.25, 0.3) is 0 Å². The van der Waals surface area contributed by atoms with Crippen LogP contribution < -0.4 is 0 Å². The number of fused-ring (bicyclic) bond motifs is 1. The van der Waals surface area contributed by atoms with Crippen molar-refractivity contribution in [3.05, 3.63) is 47.0 Å². The van der Waals surface area contributed by atoms with Crippen LogP contribution in [-0.2, 0) is 14.3 Å². The second-order valence-corrected chi connectivity index (χ2v) is 4.80. The molecule has 4 nitrogen and oxygen atoms in total. The molecule has 0 amide bonds. The number of hydrogen-bond donors (Lipinski definition) is 0. The number of ketones is 1. The second-order valence-electron chi connectivity index (χ2n) is 4.80. The Kier molecular flexibility index (Phi) is 2.95. The van der Waals surface area contributed by atoms with Crippen LogP contribution in [0.5, 0.6) is 0 Å². The molecule has 0 spiro atoms. The van der Waals surface area contributed by atoms with Crippen molar-refractivity contribution in [1.29, 1.82) is 0 Å². The standard InChI is InChI=1S/C15H14O4/c1-9-8-14(19-15(9)17)18-13-7-6-12(16)10-4-2-3-5-11(10)13/h2-5,8,13-14H,6-7H2,1H3. The normalized spacial score (nSPS) is 25.8. The lowest BCUT2D eigenvalue weighted by molar-refractivity contribution is -0.168. The molecule has 0 bridgehead atoms. The molecular formula is C15H14O4. The van der Waals surface area contributed by atoms with Crippen LogP contribution in [0.3, 0.4) is 0 Å². The zero-order chi connectivity index (χ0) is 13.4. The smallest absolute Gasteiger partial charge is 0.336 e. The summed E-state index contributed by atoms with van der Waals surface area (Å²) in [4.78, 5) is 23.1. The molecule has 0 saturated carbocycles. The van der Waals surface area contributed by atoms with Crippen molar-refractivity contribution in [1.82, 2.24) is 0 Å². The van der Waals surface area contributed by atoms with Gasteiger partial charge in [-0.3, -0.25) is 4.79 Å². The Labute approximate surface area is 111 Å². The molecule has 2 atom stereocenters. The Bertz CT molecular complexity index is 573. The van der Waals surface area contributed by atoms with Crippen molar-refractivity contribution < 1.29 is 19.1 Å². The van der Waals surface area contributed by atoms with E-state index in [4.69, 9.17) is 9.47 Å². The van der Waals surface area contributed by atoms with Crippen LogP contribution in [0.1, 0.15) is 41.8 Å². The molecule has 2 unspecified atom stereocenters. The Balaban J connectivity index is 1.82. The van der Waals surface area contributed by atoms with Gasteiger partial charge in [0.05, 0.1) is 6.10 Å². The van der Waals surface area contributed by atoms with Crippen LogP contribution >= 0.6 is 0 Å². The van der Waals surface area contributed by atoms with E-state index in [2.05, 4.69) is 0 Å². The molecule has 3 rings (SSSR count). The van der Waals surface area contributed by atoms with E-state index in [0.29, 0.717) is 24.0 Å². The third-order valence-electron chi connectivity index (χ3n) is 3.47. The lowest BCUT2D eigenvalue weighted by atomic mass is 9.88. The Morgan fingerprint density at radius 3 is 2.79 bits per heavy atom. The van der Waals surface area contributed by atoms with Crippen LogP contribution in [0.2, 0.25) is 0 Å². The first-order valence-corrected chi connectivity index (χ1v) is 6.32. The highest BCUT2D eigenvalue weighted by atomic mass is 16.7. The zero-order valence-electron chi connectivity index (χ0n) is 10.6. The van der Waals surface area contributed by atoms with Crippen molar-refractivity contribution in [2.24, 2.45) is 0 Å². The second kappa shape index (κ2) is 4.63. The number of ether oxygens (including phenoxy) is 2. The molecule has 0 N–H and O–H groups in total. The van der Waals surface area contributed by atoms with Crippen LogP contribution in [0.4, 0.5) is 0 Å². The number of benzene rings is 1. The van der Waals surface area contributed by atoms with Gasteiger partial charge >= 0.3 is 5.97 Å². The largest absolute Gasteiger partial charge is 0.429 e. The number of cyclic esters (lactones) is 1. The highest BCUT2D eigenvalue weighted by Crippen LogP contribution is 2.34. The van der Waals surface area contributed by atoms with Crippen LogP contribution in [0, 0.1) is 0 Å². The van der Waals surface area contributed by atoms with Gasteiger partial charge in [0.15, 0.2) is 5.78 Å². The van der Waals surface area contributed by atoms with E-state index in [9.17, 15) is 9.59 Å². The summed E-state index contributed by atoms with van der Waals surface area (Å²) in [7, 11) is 0. The Hall–Kier alpha value is -1.94.